The third-order valence-electron chi connectivity index (χ3n) is 2.79. The number of hydrogen-bond acceptors (Lipinski definition) is 2. The van der Waals surface area contributed by atoms with Crippen LogP contribution in [0.3, 0.4) is 0 Å². The molecule has 1 aliphatic heterocycles. The van der Waals surface area contributed by atoms with Crippen LogP contribution in [0, 0.1) is 5.92 Å². The van der Waals surface area contributed by atoms with Crippen LogP contribution >= 0.6 is 0 Å². The molecule has 1 aliphatic rings. The molecule has 1 saturated heterocycles. The minimum Gasteiger partial charge on any atom is -0.306 e. The first kappa shape index (κ1) is 10.5. The molecule has 0 amide bonds. The summed E-state index contributed by atoms with van der Waals surface area (Å²) in [5.74, 6) is 0.767. The van der Waals surface area contributed by atoms with Gasteiger partial charge in [0.05, 0.1) is 0 Å². The van der Waals surface area contributed by atoms with Gasteiger partial charge in [0.1, 0.15) is 6.29 Å². The molecule has 0 aromatic rings. The summed E-state index contributed by atoms with van der Waals surface area (Å²) >= 11 is 0. The van der Waals surface area contributed by atoms with Gasteiger partial charge in [-0.2, -0.15) is 0 Å². The van der Waals surface area contributed by atoms with Crippen LogP contribution in [0.4, 0.5) is 0 Å². The summed E-state index contributed by atoms with van der Waals surface area (Å²) in [4.78, 5) is 12.6. The van der Waals surface area contributed by atoms with Crippen molar-refractivity contribution < 1.29 is 4.79 Å². The molecule has 1 heterocycles. The summed E-state index contributed by atoms with van der Waals surface area (Å²) < 4.78 is 0. The Labute approximate surface area is 80.6 Å². The van der Waals surface area contributed by atoms with Gasteiger partial charge in [0.25, 0.3) is 0 Å². The highest BCUT2D eigenvalue weighted by Gasteiger charge is 2.16. The van der Waals surface area contributed by atoms with Crippen molar-refractivity contribution in [2.45, 2.75) is 25.7 Å². The van der Waals surface area contributed by atoms with Gasteiger partial charge in [0, 0.05) is 6.42 Å². The normalized spacial score (nSPS) is 20.1. The van der Waals surface area contributed by atoms with Crippen molar-refractivity contribution in [3.63, 3.8) is 0 Å². The van der Waals surface area contributed by atoms with Crippen LogP contribution in [0.1, 0.15) is 25.7 Å². The second-order valence-corrected chi connectivity index (χ2v) is 4.07. The number of carbonyl (C=O) groups is 1. The fourth-order valence-corrected chi connectivity index (χ4v) is 1.88. The monoisotopic (exact) mass is 181 g/mol. The highest BCUT2D eigenvalue weighted by atomic mass is 16.1. The zero-order valence-electron chi connectivity index (χ0n) is 8.46. The highest BCUT2D eigenvalue weighted by molar-refractivity contribution is 5.53. The van der Waals surface area contributed by atoms with Crippen molar-refractivity contribution in [3.8, 4) is 0 Å². The second-order valence-electron chi connectivity index (χ2n) is 4.07. The van der Waals surface area contributed by atoms with Gasteiger partial charge >= 0.3 is 0 Å². The number of carbonyl (C=O) groups excluding carboxylic acids is 1. The molecule has 2 heteroatoms. The van der Waals surface area contributed by atoms with Crippen molar-refractivity contribution in [2.24, 2.45) is 5.92 Å². The molecule has 2 nitrogen and oxygen atoms in total. The fourth-order valence-electron chi connectivity index (χ4n) is 1.88. The molecule has 0 atom stereocenters. The molecule has 0 aromatic carbocycles. The van der Waals surface area contributed by atoms with Gasteiger partial charge in [0.2, 0.25) is 0 Å². The predicted molar refractivity (Wildman–Crippen MR) is 54.7 cm³/mol. The van der Waals surface area contributed by atoms with E-state index in [-0.39, 0.29) is 0 Å². The van der Waals surface area contributed by atoms with E-state index in [1.165, 1.54) is 25.9 Å². The molecule has 0 N–H and O–H groups in total. The number of piperidine rings is 1. The average Bonchev–Trinajstić information content (AvgIpc) is 2.09. The molecule has 0 radical (unpaired) electrons. The molecule has 13 heavy (non-hydrogen) atoms. The number of nitrogens with zero attached hydrogens (tertiary/aromatic N) is 1. The molecular weight excluding hydrogens is 162 g/mol. The van der Waals surface area contributed by atoms with Crippen LogP contribution in [-0.2, 0) is 4.79 Å². The van der Waals surface area contributed by atoms with E-state index >= 15 is 0 Å². The molecule has 1 fully saturated rings. The smallest absolute Gasteiger partial charge is 0.124 e. The first-order valence-electron chi connectivity index (χ1n) is 5.01. The zero-order valence-corrected chi connectivity index (χ0v) is 8.46. The quantitative estimate of drug-likeness (QED) is 0.487. The van der Waals surface area contributed by atoms with Crippen LogP contribution in [0.5, 0.6) is 0 Å². The van der Waals surface area contributed by atoms with Crippen LogP contribution < -0.4 is 0 Å². The van der Waals surface area contributed by atoms with Crippen molar-refractivity contribution in [3.05, 3.63) is 12.2 Å². The Morgan fingerprint density at radius 1 is 1.54 bits per heavy atom. The molecule has 0 spiro atoms. The summed E-state index contributed by atoms with van der Waals surface area (Å²) in [6.45, 7) is 6.30. The summed E-state index contributed by atoms with van der Waals surface area (Å²) in [6, 6.07) is 0. The lowest BCUT2D eigenvalue weighted by Gasteiger charge is -2.29. The average molecular weight is 181 g/mol. The summed E-state index contributed by atoms with van der Waals surface area (Å²) in [6.07, 6.45) is 5.07. The topological polar surface area (TPSA) is 20.3 Å². The van der Waals surface area contributed by atoms with Crippen molar-refractivity contribution in [1.82, 2.24) is 4.90 Å². The largest absolute Gasteiger partial charge is 0.306 e. The van der Waals surface area contributed by atoms with Gasteiger partial charge in [-0.3, -0.25) is 0 Å². The fraction of sp³-hybridized carbons (Fsp3) is 0.727. The lowest BCUT2D eigenvalue weighted by Crippen LogP contribution is -2.30. The Hall–Kier alpha value is -0.630. The minimum atomic E-state index is 0.548. The third-order valence-corrected chi connectivity index (χ3v) is 2.79. The Morgan fingerprint density at radius 3 is 2.69 bits per heavy atom. The maximum absolute atomic E-state index is 10.2. The number of hydrogen-bond donors (Lipinski definition) is 0. The number of rotatable bonds is 4. The van der Waals surface area contributed by atoms with E-state index < -0.39 is 0 Å². The summed E-state index contributed by atoms with van der Waals surface area (Å²) in [7, 11) is 2.16. The Balaban J connectivity index is 2.22. The SMILES string of the molecule is C=C(CC=O)CC1CCN(C)CC1. The van der Waals surface area contributed by atoms with Crippen LogP contribution in [-0.4, -0.2) is 31.3 Å². The van der Waals surface area contributed by atoms with E-state index in [4.69, 9.17) is 0 Å². The molecular formula is C11H19NO. The Kier molecular flexibility index (Phi) is 4.16. The van der Waals surface area contributed by atoms with E-state index in [9.17, 15) is 4.79 Å². The second kappa shape index (κ2) is 5.18. The van der Waals surface area contributed by atoms with Crippen molar-refractivity contribution >= 4 is 6.29 Å². The minimum absolute atomic E-state index is 0.548. The van der Waals surface area contributed by atoms with E-state index in [0.29, 0.717) is 6.42 Å². The number of aldehydes is 1. The molecule has 0 unspecified atom stereocenters. The molecule has 1 rings (SSSR count). The molecule has 74 valence electrons. The maximum atomic E-state index is 10.2. The van der Waals surface area contributed by atoms with Crippen molar-refractivity contribution in [1.29, 1.82) is 0 Å². The molecule has 0 aliphatic carbocycles. The highest BCUT2D eigenvalue weighted by Crippen LogP contribution is 2.23. The lowest BCUT2D eigenvalue weighted by molar-refractivity contribution is -0.107. The van der Waals surface area contributed by atoms with Gasteiger partial charge in [-0.1, -0.05) is 12.2 Å². The summed E-state index contributed by atoms with van der Waals surface area (Å²) in [5, 5.41) is 0. The third kappa shape index (κ3) is 3.73. The van der Waals surface area contributed by atoms with Gasteiger partial charge in [-0.15, -0.1) is 0 Å². The Morgan fingerprint density at radius 2 is 2.15 bits per heavy atom. The van der Waals surface area contributed by atoms with E-state index in [1.54, 1.807) is 0 Å². The van der Waals surface area contributed by atoms with Crippen LogP contribution in [0.15, 0.2) is 12.2 Å². The molecule has 0 bridgehead atoms. The number of likely N-dealkylation sites (tertiary alicyclic amines) is 1. The van der Waals surface area contributed by atoms with Crippen molar-refractivity contribution in [2.75, 3.05) is 20.1 Å². The van der Waals surface area contributed by atoms with Crippen LogP contribution in [0.25, 0.3) is 0 Å². The summed E-state index contributed by atoms with van der Waals surface area (Å²) in [5.41, 5.74) is 1.10. The van der Waals surface area contributed by atoms with E-state index in [2.05, 4.69) is 18.5 Å². The van der Waals surface area contributed by atoms with Crippen LogP contribution in [0.2, 0.25) is 0 Å². The Bertz CT molecular complexity index is 181. The predicted octanol–water partition coefficient (Wildman–Crippen LogP) is 1.86. The molecule has 0 aromatic heterocycles. The van der Waals surface area contributed by atoms with E-state index in [0.717, 1.165) is 24.2 Å². The first-order valence-corrected chi connectivity index (χ1v) is 5.01. The lowest BCUT2D eigenvalue weighted by atomic mass is 9.90. The molecule has 0 saturated carbocycles. The van der Waals surface area contributed by atoms with Gasteiger partial charge in [-0.05, 0) is 45.3 Å². The zero-order chi connectivity index (χ0) is 9.68. The van der Waals surface area contributed by atoms with Gasteiger partial charge < -0.3 is 9.69 Å². The maximum Gasteiger partial charge on any atom is 0.124 e. The standard InChI is InChI=1S/C11H19NO/c1-10(5-8-13)9-11-3-6-12(2)7-4-11/h8,11H,1,3-7,9H2,2H3. The van der Waals surface area contributed by atoms with E-state index in [1.807, 2.05) is 0 Å². The van der Waals surface area contributed by atoms with Gasteiger partial charge in [-0.25, -0.2) is 0 Å². The number of allylic oxidation sites excluding steroid dienone is 1. The van der Waals surface area contributed by atoms with Gasteiger partial charge in [0.15, 0.2) is 0 Å². The first-order chi connectivity index (χ1) is 6.22.